The number of carbonyl (C=O) groups excluding carboxylic acids is 1. The third-order valence-corrected chi connectivity index (χ3v) is 7.58. The van der Waals surface area contributed by atoms with Crippen LogP contribution in [0.25, 0.3) is 11.3 Å². The van der Waals surface area contributed by atoms with Crippen molar-refractivity contribution in [1.82, 2.24) is 9.88 Å². The Morgan fingerprint density at radius 1 is 1.20 bits per heavy atom. The Morgan fingerprint density at radius 3 is 2.49 bits per heavy atom. The molecule has 0 radical (unpaired) electrons. The molecular formula is C28H38F2N2O3. The summed E-state index contributed by atoms with van der Waals surface area (Å²) in [7, 11) is 0. The zero-order chi connectivity index (χ0) is 25.4. The molecule has 35 heavy (non-hydrogen) atoms. The van der Waals surface area contributed by atoms with Gasteiger partial charge in [-0.2, -0.15) is 8.78 Å². The van der Waals surface area contributed by atoms with Gasteiger partial charge >= 0.3 is 6.61 Å². The molecule has 1 aromatic carbocycles. The lowest BCUT2D eigenvalue weighted by atomic mass is 9.89. The minimum absolute atomic E-state index is 0.0288. The molecule has 0 unspecified atom stereocenters. The quantitative estimate of drug-likeness (QED) is 0.442. The standard InChI is InChI=1S/C28H38F2N2O3/c1-18-23(25(33)31-17-27(2,3)34)15-24(32(18)16-19-8-6-5-7-9-19)20-12-21(28(4)10-11-28)14-22(13-20)35-26(29)30/h12-15,19,26,34H,5-11,16-17H2,1-4H3,(H,31,33). The van der Waals surface area contributed by atoms with E-state index in [1.807, 2.05) is 13.0 Å². The first-order valence-electron chi connectivity index (χ1n) is 12.8. The third kappa shape index (κ3) is 6.24. The molecular weight excluding hydrogens is 450 g/mol. The fourth-order valence-electron chi connectivity index (χ4n) is 5.11. The summed E-state index contributed by atoms with van der Waals surface area (Å²) < 4.78 is 33.3. The molecule has 0 spiro atoms. The number of hydrogen-bond acceptors (Lipinski definition) is 3. The number of nitrogens with one attached hydrogen (secondary N) is 1. The van der Waals surface area contributed by atoms with Gasteiger partial charge in [-0.25, -0.2) is 0 Å². The summed E-state index contributed by atoms with van der Waals surface area (Å²) in [4.78, 5) is 13.1. The van der Waals surface area contributed by atoms with Crippen LogP contribution in [0.2, 0.25) is 0 Å². The van der Waals surface area contributed by atoms with Crippen LogP contribution in [-0.4, -0.2) is 34.3 Å². The Bertz CT molecular complexity index is 1060. The number of nitrogens with zero attached hydrogens (tertiary/aromatic N) is 1. The van der Waals surface area contributed by atoms with E-state index in [9.17, 15) is 18.7 Å². The van der Waals surface area contributed by atoms with Gasteiger partial charge in [-0.3, -0.25) is 4.79 Å². The molecule has 0 saturated heterocycles. The average molecular weight is 489 g/mol. The highest BCUT2D eigenvalue weighted by Gasteiger charge is 2.39. The van der Waals surface area contributed by atoms with Crippen molar-refractivity contribution in [3.63, 3.8) is 0 Å². The number of carbonyl (C=O) groups is 1. The monoisotopic (exact) mass is 488 g/mol. The SMILES string of the molecule is Cc1c(C(=O)NCC(C)(C)O)cc(-c2cc(OC(F)F)cc(C3(C)CC3)c2)n1CC1CCCCC1. The van der Waals surface area contributed by atoms with E-state index in [4.69, 9.17) is 4.74 Å². The molecule has 4 rings (SSSR count). The van der Waals surface area contributed by atoms with Crippen molar-refractivity contribution in [2.45, 2.75) is 96.8 Å². The molecule has 1 amide bonds. The lowest BCUT2D eigenvalue weighted by molar-refractivity contribution is -0.0498. The summed E-state index contributed by atoms with van der Waals surface area (Å²) in [6.45, 7) is 5.39. The lowest BCUT2D eigenvalue weighted by Crippen LogP contribution is -2.38. The first-order chi connectivity index (χ1) is 16.4. The first-order valence-corrected chi connectivity index (χ1v) is 12.8. The Balaban J connectivity index is 1.76. The minimum Gasteiger partial charge on any atom is -0.435 e. The van der Waals surface area contributed by atoms with E-state index < -0.39 is 12.2 Å². The van der Waals surface area contributed by atoms with Crippen LogP contribution >= 0.6 is 0 Å². The van der Waals surface area contributed by atoms with Gasteiger partial charge in [-0.05, 0) is 87.6 Å². The number of alkyl halides is 2. The van der Waals surface area contributed by atoms with Crippen molar-refractivity contribution in [3.05, 3.63) is 41.1 Å². The molecule has 1 heterocycles. The Hall–Kier alpha value is -2.41. The number of rotatable bonds is 9. The highest BCUT2D eigenvalue weighted by atomic mass is 19.3. The molecule has 2 aliphatic carbocycles. The fourth-order valence-corrected chi connectivity index (χ4v) is 5.11. The van der Waals surface area contributed by atoms with Crippen molar-refractivity contribution in [3.8, 4) is 17.0 Å². The number of aliphatic hydroxyl groups is 1. The summed E-state index contributed by atoms with van der Waals surface area (Å²) in [5.74, 6) is 0.418. The second kappa shape index (κ2) is 9.92. The van der Waals surface area contributed by atoms with Crippen LogP contribution < -0.4 is 10.1 Å². The molecule has 7 heteroatoms. The zero-order valence-electron chi connectivity index (χ0n) is 21.3. The number of halogens is 2. The van der Waals surface area contributed by atoms with Crippen LogP contribution in [0.4, 0.5) is 8.78 Å². The molecule has 0 atom stereocenters. The minimum atomic E-state index is -2.90. The molecule has 2 N–H and O–H groups in total. The van der Waals surface area contributed by atoms with Gasteiger partial charge < -0.3 is 19.7 Å². The molecule has 5 nitrogen and oxygen atoms in total. The van der Waals surface area contributed by atoms with E-state index >= 15 is 0 Å². The van der Waals surface area contributed by atoms with Crippen LogP contribution in [0.1, 0.15) is 87.3 Å². The summed E-state index contributed by atoms with van der Waals surface area (Å²) in [6.07, 6.45) is 7.99. The molecule has 2 aliphatic rings. The molecule has 192 valence electrons. The predicted octanol–water partition coefficient (Wildman–Crippen LogP) is 6.20. The van der Waals surface area contributed by atoms with E-state index in [0.717, 1.165) is 54.7 Å². The number of aromatic nitrogens is 1. The van der Waals surface area contributed by atoms with E-state index in [2.05, 4.69) is 22.9 Å². The molecule has 0 bridgehead atoms. The molecule has 2 aromatic rings. The summed E-state index contributed by atoms with van der Waals surface area (Å²) in [5, 5.41) is 12.9. The third-order valence-electron chi connectivity index (χ3n) is 7.58. The van der Waals surface area contributed by atoms with Crippen LogP contribution in [0, 0.1) is 12.8 Å². The Labute approximate surface area is 206 Å². The number of hydrogen-bond donors (Lipinski definition) is 2. The van der Waals surface area contributed by atoms with Gasteiger partial charge in [0.2, 0.25) is 0 Å². The summed E-state index contributed by atoms with van der Waals surface area (Å²) >= 11 is 0. The van der Waals surface area contributed by atoms with Gasteiger partial charge in [0.1, 0.15) is 5.75 Å². The predicted molar refractivity (Wildman–Crippen MR) is 133 cm³/mol. The van der Waals surface area contributed by atoms with Gasteiger partial charge in [0.05, 0.1) is 11.2 Å². The molecule has 2 saturated carbocycles. The van der Waals surface area contributed by atoms with Gasteiger partial charge in [0.25, 0.3) is 5.91 Å². The average Bonchev–Trinajstić information content (AvgIpc) is 3.46. The van der Waals surface area contributed by atoms with Crippen LogP contribution in [0.15, 0.2) is 24.3 Å². The van der Waals surface area contributed by atoms with Crippen molar-refractivity contribution in [1.29, 1.82) is 0 Å². The van der Waals surface area contributed by atoms with Crippen LogP contribution in [0.5, 0.6) is 5.75 Å². The maximum atomic E-state index is 13.1. The lowest BCUT2D eigenvalue weighted by Gasteiger charge is -2.25. The Kier molecular flexibility index (Phi) is 7.28. The van der Waals surface area contributed by atoms with E-state index in [-0.39, 0.29) is 23.6 Å². The van der Waals surface area contributed by atoms with Crippen LogP contribution in [-0.2, 0) is 12.0 Å². The zero-order valence-corrected chi connectivity index (χ0v) is 21.3. The van der Waals surface area contributed by atoms with Gasteiger partial charge in [0, 0.05) is 30.0 Å². The van der Waals surface area contributed by atoms with E-state index in [0.29, 0.717) is 11.5 Å². The number of ether oxygens (including phenoxy) is 1. The van der Waals surface area contributed by atoms with Crippen molar-refractivity contribution >= 4 is 5.91 Å². The van der Waals surface area contributed by atoms with Gasteiger partial charge in [-0.15, -0.1) is 0 Å². The van der Waals surface area contributed by atoms with Gasteiger partial charge in [-0.1, -0.05) is 26.2 Å². The smallest absolute Gasteiger partial charge is 0.387 e. The molecule has 0 aliphatic heterocycles. The van der Waals surface area contributed by atoms with E-state index in [1.165, 1.54) is 19.3 Å². The maximum Gasteiger partial charge on any atom is 0.387 e. The second-order valence-corrected chi connectivity index (χ2v) is 11.3. The number of amides is 1. The highest BCUT2D eigenvalue weighted by molar-refractivity contribution is 5.97. The number of benzene rings is 1. The summed E-state index contributed by atoms with van der Waals surface area (Å²) in [5.41, 5.74) is 2.95. The van der Waals surface area contributed by atoms with Gasteiger partial charge in [0.15, 0.2) is 0 Å². The largest absolute Gasteiger partial charge is 0.435 e. The van der Waals surface area contributed by atoms with Crippen molar-refractivity contribution in [2.24, 2.45) is 5.92 Å². The topological polar surface area (TPSA) is 63.5 Å². The van der Waals surface area contributed by atoms with Crippen LogP contribution in [0.3, 0.4) is 0 Å². The fraction of sp³-hybridized carbons (Fsp3) is 0.607. The first kappa shape index (κ1) is 25.7. The second-order valence-electron chi connectivity index (χ2n) is 11.3. The maximum absolute atomic E-state index is 13.1. The normalized spacial score (nSPS) is 18.1. The Morgan fingerprint density at radius 2 is 1.89 bits per heavy atom. The summed E-state index contributed by atoms with van der Waals surface area (Å²) in [6, 6.07) is 7.31. The van der Waals surface area contributed by atoms with Crippen molar-refractivity contribution < 1.29 is 23.4 Å². The van der Waals surface area contributed by atoms with Crippen molar-refractivity contribution in [2.75, 3.05) is 6.54 Å². The highest BCUT2D eigenvalue weighted by Crippen LogP contribution is 2.49. The molecule has 2 fully saturated rings. The molecule has 1 aromatic heterocycles. The van der Waals surface area contributed by atoms with E-state index in [1.54, 1.807) is 26.0 Å².